The van der Waals surface area contributed by atoms with Crippen LogP contribution in [0, 0.1) is 5.92 Å². The Kier molecular flexibility index (Phi) is 6.72. The second-order valence-electron chi connectivity index (χ2n) is 5.41. The fourth-order valence-corrected chi connectivity index (χ4v) is 3.98. The van der Waals surface area contributed by atoms with Gasteiger partial charge in [0.25, 0.3) is 6.43 Å². The number of piperidine rings is 1. The van der Waals surface area contributed by atoms with E-state index in [-0.39, 0.29) is 29.3 Å². The van der Waals surface area contributed by atoms with Crippen LogP contribution in [0.4, 0.5) is 8.78 Å². The van der Waals surface area contributed by atoms with Crippen LogP contribution in [0.5, 0.6) is 0 Å². The molecule has 0 amide bonds. The molecule has 1 aromatic heterocycles. The second-order valence-corrected chi connectivity index (χ2v) is 7.35. The van der Waals surface area contributed by atoms with E-state index in [1.165, 1.54) is 4.31 Å². The van der Waals surface area contributed by atoms with Crippen molar-refractivity contribution in [3.05, 3.63) is 12.4 Å². The largest absolute Gasteiger partial charge is 0.328 e. The Labute approximate surface area is 135 Å². The van der Waals surface area contributed by atoms with Gasteiger partial charge < -0.3 is 5.73 Å². The Morgan fingerprint density at radius 2 is 2.18 bits per heavy atom. The van der Waals surface area contributed by atoms with E-state index in [4.69, 9.17) is 5.73 Å². The molecule has 6 nitrogen and oxygen atoms in total. The monoisotopic (exact) mass is 358 g/mol. The highest BCUT2D eigenvalue weighted by Gasteiger charge is 2.32. The van der Waals surface area contributed by atoms with E-state index in [9.17, 15) is 17.2 Å². The minimum atomic E-state index is -3.69. The highest BCUT2D eigenvalue weighted by molar-refractivity contribution is 7.89. The van der Waals surface area contributed by atoms with Gasteiger partial charge in [-0.2, -0.15) is 9.40 Å². The number of halogens is 3. The van der Waals surface area contributed by atoms with E-state index in [0.29, 0.717) is 13.1 Å². The number of hydrogen-bond acceptors (Lipinski definition) is 4. The summed E-state index contributed by atoms with van der Waals surface area (Å²) in [5.74, 6) is 0.115. The standard InChI is InChI=1S/C12H20F2N4O2S.ClH/c1-9(15)10-3-2-4-18(6-10)21(19,20)11-5-16-17(7-11)8-12(13)14;/h5,7,9-10,12H,2-4,6,8,15H2,1H3;1H. The average molecular weight is 359 g/mol. The summed E-state index contributed by atoms with van der Waals surface area (Å²) >= 11 is 0. The molecule has 22 heavy (non-hydrogen) atoms. The molecule has 1 aromatic rings. The van der Waals surface area contributed by atoms with E-state index in [1.807, 2.05) is 6.92 Å². The molecule has 1 aliphatic heterocycles. The second kappa shape index (κ2) is 7.67. The van der Waals surface area contributed by atoms with E-state index < -0.39 is 23.0 Å². The maximum absolute atomic E-state index is 12.5. The van der Waals surface area contributed by atoms with Crippen molar-refractivity contribution in [3.63, 3.8) is 0 Å². The number of rotatable bonds is 5. The number of nitrogens with two attached hydrogens (primary N) is 1. The summed E-state index contributed by atoms with van der Waals surface area (Å²) in [6, 6.07) is -0.0791. The van der Waals surface area contributed by atoms with Crippen LogP contribution in [-0.2, 0) is 16.6 Å². The lowest BCUT2D eigenvalue weighted by Gasteiger charge is -2.33. The zero-order valence-corrected chi connectivity index (χ0v) is 13.9. The summed E-state index contributed by atoms with van der Waals surface area (Å²) in [5.41, 5.74) is 5.85. The topological polar surface area (TPSA) is 81.2 Å². The summed E-state index contributed by atoms with van der Waals surface area (Å²) in [6.45, 7) is 2.03. The SMILES string of the molecule is CC(N)C1CCCN(S(=O)(=O)c2cnn(CC(F)F)c2)C1.Cl. The molecule has 2 N–H and O–H groups in total. The predicted octanol–water partition coefficient (Wildman–Crippen LogP) is 1.32. The fraction of sp³-hybridized carbons (Fsp3) is 0.750. The molecule has 2 rings (SSSR count). The molecule has 1 fully saturated rings. The van der Waals surface area contributed by atoms with Crippen LogP contribution in [0.25, 0.3) is 0 Å². The maximum atomic E-state index is 12.5. The zero-order chi connectivity index (χ0) is 15.6. The summed E-state index contributed by atoms with van der Waals surface area (Å²) in [7, 11) is -3.69. The van der Waals surface area contributed by atoms with Gasteiger partial charge in [0.05, 0.1) is 6.20 Å². The average Bonchev–Trinajstić information content (AvgIpc) is 2.87. The molecule has 10 heteroatoms. The Morgan fingerprint density at radius 3 is 2.77 bits per heavy atom. The van der Waals surface area contributed by atoms with Crippen molar-refractivity contribution in [1.82, 2.24) is 14.1 Å². The molecule has 1 aliphatic rings. The van der Waals surface area contributed by atoms with Crippen LogP contribution in [0.1, 0.15) is 19.8 Å². The lowest BCUT2D eigenvalue weighted by atomic mass is 9.93. The van der Waals surface area contributed by atoms with Gasteiger partial charge in [-0.05, 0) is 25.7 Å². The molecule has 0 aromatic carbocycles. The Hall–Kier alpha value is -0.770. The number of aromatic nitrogens is 2. The van der Waals surface area contributed by atoms with Crippen LogP contribution < -0.4 is 5.73 Å². The Morgan fingerprint density at radius 1 is 1.50 bits per heavy atom. The molecular formula is C12H21ClF2N4O2S. The third-order valence-corrected chi connectivity index (χ3v) is 5.55. The van der Waals surface area contributed by atoms with Gasteiger partial charge in [-0.15, -0.1) is 12.4 Å². The smallest absolute Gasteiger partial charge is 0.257 e. The molecule has 0 saturated carbocycles. The van der Waals surface area contributed by atoms with Crippen molar-refractivity contribution in [1.29, 1.82) is 0 Å². The van der Waals surface area contributed by atoms with Crippen molar-refractivity contribution in [2.24, 2.45) is 11.7 Å². The number of alkyl halides is 2. The van der Waals surface area contributed by atoms with E-state index in [2.05, 4.69) is 5.10 Å². The highest BCUT2D eigenvalue weighted by Crippen LogP contribution is 2.24. The fourth-order valence-electron chi connectivity index (χ4n) is 2.49. The summed E-state index contributed by atoms with van der Waals surface area (Å²) in [5, 5.41) is 3.68. The molecule has 0 aliphatic carbocycles. The molecule has 1 saturated heterocycles. The highest BCUT2D eigenvalue weighted by atomic mass is 35.5. The van der Waals surface area contributed by atoms with Crippen LogP contribution in [0.3, 0.4) is 0 Å². The minimum Gasteiger partial charge on any atom is -0.328 e. The first kappa shape index (κ1) is 19.3. The summed E-state index contributed by atoms with van der Waals surface area (Å²) in [4.78, 5) is -0.0477. The molecule has 2 atom stereocenters. The predicted molar refractivity (Wildman–Crippen MR) is 80.6 cm³/mol. The van der Waals surface area contributed by atoms with Crippen molar-refractivity contribution >= 4 is 22.4 Å². The molecule has 0 radical (unpaired) electrons. The quantitative estimate of drug-likeness (QED) is 0.860. The summed E-state index contributed by atoms with van der Waals surface area (Å²) in [6.07, 6.45) is 1.34. The first-order chi connectivity index (χ1) is 9.80. The van der Waals surface area contributed by atoms with Gasteiger partial charge in [-0.3, -0.25) is 4.68 Å². The van der Waals surface area contributed by atoms with Gasteiger partial charge in [0.2, 0.25) is 10.0 Å². The van der Waals surface area contributed by atoms with Crippen LogP contribution in [-0.4, -0.2) is 48.1 Å². The van der Waals surface area contributed by atoms with Gasteiger partial charge in [0.1, 0.15) is 11.4 Å². The normalized spacial score (nSPS) is 21.6. The van der Waals surface area contributed by atoms with Gasteiger partial charge in [0.15, 0.2) is 0 Å². The molecule has 0 spiro atoms. The molecule has 128 valence electrons. The van der Waals surface area contributed by atoms with Gasteiger partial charge >= 0.3 is 0 Å². The zero-order valence-electron chi connectivity index (χ0n) is 12.2. The Balaban J connectivity index is 0.00000242. The number of nitrogens with zero attached hydrogens (tertiary/aromatic N) is 3. The van der Waals surface area contributed by atoms with Crippen LogP contribution >= 0.6 is 12.4 Å². The van der Waals surface area contributed by atoms with Gasteiger partial charge in [-0.1, -0.05) is 0 Å². The van der Waals surface area contributed by atoms with Crippen molar-refractivity contribution in [2.45, 2.75) is 43.7 Å². The van der Waals surface area contributed by atoms with E-state index >= 15 is 0 Å². The van der Waals surface area contributed by atoms with E-state index in [0.717, 1.165) is 29.9 Å². The van der Waals surface area contributed by atoms with Crippen LogP contribution in [0.15, 0.2) is 17.3 Å². The van der Waals surface area contributed by atoms with Crippen molar-refractivity contribution < 1.29 is 17.2 Å². The van der Waals surface area contributed by atoms with Gasteiger partial charge in [0, 0.05) is 25.3 Å². The first-order valence-electron chi connectivity index (χ1n) is 6.87. The van der Waals surface area contributed by atoms with E-state index in [1.54, 1.807) is 0 Å². The number of sulfonamides is 1. The molecular weight excluding hydrogens is 338 g/mol. The summed E-state index contributed by atoms with van der Waals surface area (Å²) < 4.78 is 51.9. The first-order valence-corrected chi connectivity index (χ1v) is 8.31. The lowest BCUT2D eigenvalue weighted by molar-refractivity contribution is 0.121. The number of hydrogen-bond donors (Lipinski definition) is 1. The molecule has 2 heterocycles. The van der Waals surface area contributed by atoms with Crippen LogP contribution in [0.2, 0.25) is 0 Å². The Bertz CT molecular complexity index is 579. The van der Waals surface area contributed by atoms with Gasteiger partial charge in [-0.25, -0.2) is 17.2 Å². The molecule has 0 bridgehead atoms. The van der Waals surface area contributed by atoms with Crippen molar-refractivity contribution in [2.75, 3.05) is 13.1 Å². The third kappa shape index (κ3) is 4.37. The van der Waals surface area contributed by atoms with Crippen molar-refractivity contribution in [3.8, 4) is 0 Å². The maximum Gasteiger partial charge on any atom is 0.257 e. The lowest BCUT2D eigenvalue weighted by Crippen LogP contribution is -2.44. The molecule has 2 unspecified atom stereocenters. The third-order valence-electron chi connectivity index (χ3n) is 3.74. The minimum absolute atomic E-state index is 0.